The van der Waals surface area contributed by atoms with Crippen molar-refractivity contribution in [1.29, 1.82) is 0 Å². The van der Waals surface area contributed by atoms with Gasteiger partial charge in [-0.3, -0.25) is 0 Å². The van der Waals surface area contributed by atoms with Crippen molar-refractivity contribution in [3.8, 4) is 0 Å². The molecule has 0 heterocycles. The quantitative estimate of drug-likeness (QED) is 0.169. The Labute approximate surface area is 170 Å². The predicted molar refractivity (Wildman–Crippen MR) is 102 cm³/mol. The van der Waals surface area contributed by atoms with Crippen LogP contribution in [0.2, 0.25) is 0 Å². The first kappa shape index (κ1) is 22.7. The first-order chi connectivity index (χ1) is 14.3. The molecule has 0 fully saturated rings. The number of alkyl halides is 3. The summed E-state index contributed by atoms with van der Waals surface area (Å²) < 4.78 is 47.9. The zero-order valence-electron chi connectivity index (χ0n) is 16.1. The van der Waals surface area contributed by atoms with Crippen LogP contribution in [0.25, 0.3) is 5.57 Å². The highest BCUT2D eigenvalue weighted by Crippen LogP contribution is 2.29. The first-order valence-electron chi connectivity index (χ1n) is 8.56. The number of halogens is 3. The summed E-state index contributed by atoms with van der Waals surface area (Å²) in [6, 6.07) is 11.0. The number of carbonyl (C=O) groups excluding carboxylic acids is 2. The summed E-state index contributed by atoms with van der Waals surface area (Å²) in [6.07, 6.45) is -2.49. The number of carbonyl (C=O) groups is 2. The van der Waals surface area contributed by atoms with Gasteiger partial charge in [0.2, 0.25) is 0 Å². The number of nitrogens with zero attached hydrogens (tertiary/aromatic N) is 1. The molecule has 0 bridgehead atoms. The summed E-state index contributed by atoms with van der Waals surface area (Å²) in [7, 11) is 2.59. The van der Waals surface area contributed by atoms with Gasteiger partial charge in [0.1, 0.15) is 5.57 Å². The molecule has 2 aromatic carbocycles. The highest BCUT2D eigenvalue weighted by molar-refractivity contribution is 6.18. The van der Waals surface area contributed by atoms with Gasteiger partial charge < -0.3 is 14.3 Å². The molecule has 0 aliphatic heterocycles. The van der Waals surface area contributed by atoms with E-state index in [0.717, 1.165) is 12.1 Å². The molecule has 0 aliphatic carbocycles. The highest BCUT2D eigenvalue weighted by atomic mass is 19.4. The van der Waals surface area contributed by atoms with Gasteiger partial charge in [0.05, 0.1) is 38.7 Å². The van der Waals surface area contributed by atoms with E-state index in [0.29, 0.717) is 11.1 Å². The second-order valence-electron chi connectivity index (χ2n) is 5.92. The number of methoxy groups -OCH3 is 2. The summed E-state index contributed by atoms with van der Waals surface area (Å²) >= 11 is 0. The first-order valence-corrected chi connectivity index (χ1v) is 8.56. The number of ether oxygens (including phenoxy) is 2. The fraction of sp³-hybridized carbons (Fsp3) is 0.190. The number of hydrogen-bond donors (Lipinski definition) is 0. The second-order valence-corrected chi connectivity index (χ2v) is 5.92. The number of oxime groups is 1. The molecule has 0 aliphatic rings. The molecule has 0 N–H and O–H groups in total. The van der Waals surface area contributed by atoms with E-state index < -0.39 is 23.7 Å². The van der Waals surface area contributed by atoms with Crippen molar-refractivity contribution in [2.24, 2.45) is 5.16 Å². The molecule has 0 aromatic heterocycles. The fourth-order valence-corrected chi connectivity index (χ4v) is 2.50. The summed E-state index contributed by atoms with van der Waals surface area (Å²) in [5.74, 6) is -1.48. The molecule has 0 spiro atoms. The maximum atomic E-state index is 12.8. The van der Waals surface area contributed by atoms with Crippen molar-refractivity contribution >= 4 is 23.7 Å². The molecule has 0 atom stereocenters. The van der Waals surface area contributed by atoms with Crippen molar-refractivity contribution < 1.29 is 37.1 Å². The Morgan fingerprint density at radius 2 is 1.80 bits per heavy atom. The van der Waals surface area contributed by atoms with Crippen molar-refractivity contribution in [3.63, 3.8) is 0 Å². The van der Waals surface area contributed by atoms with Crippen LogP contribution in [0.3, 0.4) is 0 Å². The molecular formula is C21H18F3NO5. The molecule has 0 saturated heterocycles. The zero-order chi connectivity index (χ0) is 22.1. The molecule has 158 valence electrons. The molecule has 2 rings (SSSR count). The van der Waals surface area contributed by atoms with Gasteiger partial charge >= 0.3 is 18.1 Å². The summed E-state index contributed by atoms with van der Waals surface area (Å²) in [5, 5.41) is 3.58. The molecule has 0 radical (unpaired) electrons. The lowest BCUT2D eigenvalue weighted by Gasteiger charge is -2.08. The predicted octanol–water partition coefficient (Wildman–Crippen LogP) is 3.99. The van der Waals surface area contributed by atoms with Gasteiger partial charge in [-0.05, 0) is 11.6 Å². The molecule has 2 aromatic rings. The van der Waals surface area contributed by atoms with E-state index in [4.69, 9.17) is 14.3 Å². The maximum absolute atomic E-state index is 12.8. The number of benzene rings is 2. The van der Waals surface area contributed by atoms with Crippen LogP contribution < -0.4 is 0 Å². The van der Waals surface area contributed by atoms with Gasteiger partial charge in [0.15, 0.2) is 0 Å². The number of esters is 1. The average molecular weight is 421 g/mol. The van der Waals surface area contributed by atoms with E-state index in [2.05, 4.69) is 5.16 Å². The van der Waals surface area contributed by atoms with Gasteiger partial charge in [0, 0.05) is 11.1 Å². The fourth-order valence-electron chi connectivity index (χ4n) is 2.50. The van der Waals surface area contributed by atoms with Gasteiger partial charge in [0.25, 0.3) is 0 Å². The van der Waals surface area contributed by atoms with Crippen molar-refractivity contribution in [3.05, 3.63) is 77.0 Å². The Hall–Kier alpha value is -3.62. The molecule has 0 saturated carbocycles. The average Bonchev–Trinajstić information content (AvgIpc) is 2.71. The number of rotatable bonds is 7. The van der Waals surface area contributed by atoms with Gasteiger partial charge in [-0.1, -0.05) is 47.6 Å². The van der Waals surface area contributed by atoms with E-state index in [1.807, 2.05) is 0 Å². The SMILES string of the molecule is CO/C=C(/C(=O)OC)c1ccccc1/C=N/OC(=O)Cc1cccc(C(F)(F)F)c1. The van der Waals surface area contributed by atoms with E-state index in [1.54, 1.807) is 24.3 Å². The van der Waals surface area contributed by atoms with Gasteiger partial charge in [-0.15, -0.1) is 0 Å². The lowest BCUT2D eigenvalue weighted by atomic mass is 10.0. The summed E-state index contributed by atoms with van der Waals surface area (Å²) in [4.78, 5) is 28.6. The molecule has 0 amide bonds. The third kappa shape index (κ3) is 6.20. The lowest BCUT2D eigenvalue weighted by molar-refractivity contribution is -0.143. The standard InChI is InChI=1S/C21H18F3NO5/c1-28-13-18(20(27)29-2)17-9-4-3-7-15(17)12-25-30-19(26)11-14-6-5-8-16(10-14)21(22,23)24/h3-10,12-13H,11H2,1-2H3/b18-13+,25-12+. The maximum Gasteiger partial charge on any atom is 0.416 e. The minimum absolute atomic E-state index is 0.123. The molecule has 6 nitrogen and oxygen atoms in total. The third-order valence-electron chi connectivity index (χ3n) is 3.84. The van der Waals surface area contributed by atoms with Crippen LogP contribution in [0.15, 0.2) is 59.9 Å². The topological polar surface area (TPSA) is 74.2 Å². The van der Waals surface area contributed by atoms with Crippen LogP contribution in [0, 0.1) is 0 Å². The third-order valence-corrected chi connectivity index (χ3v) is 3.84. The number of hydrogen-bond acceptors (Lipinski definition) is 6. The van der Waals surface area contributed by atoms with Crippen LogP contribution in [0.1, 0.15) is 22.3 Å². The van der Waals surface area contributed by atoms with Crippen LogP contribution >= 0.6 is 0 Å². The van der Waals surface area contributed by atoms with E-state index in [9.17, 15) is 22.8 Å². The summed E-state index contributed by atoms with van der Waals surface area (Å²) in [6.45, 7) is 0. The summed E-state index contributed by atoms with van der Waals surface area (Å²) in [5.41, 5.74) is 0.256. The Morgan fingerprint density at radius 3 is 2.47 bits per heavy atom. The molecule has 30 heavy (non-hydrogen) atoms. The highest BCUT2D eigenvalue weighted by Gasteiger charge is 2.30. The molecule has 0 unspecified atom stereocenters. The molecule has 9 heteroatoms. The monoisotopic (exact) mass is 421 g/mol. The van der Waals surface area contributed by atoms with E-state index in [-0.39, 0.29) is 17.6 Å². The zero-order valence-corrected chi connectivity index (χ0v) is 16.1. The van der Waals surface area contributed by atoms with Crippen LogP contribution in [0.5, 0.6) is 0 Å². The van der Waals surface area contributed by atoms with E-state index in [1.165, 1.54) is 38.8 Å². The Balaban J connectivity index is 2.12. The largest absolute Gasteiger partial charge is 0.503 e. The smallest absolute Gasteiger partial charge is 0.416 e. The minimum atomic E-state index is -4.51. The van der Waals surface area contributed by atoms with E-state index >= 15 is 0 Å². The van der Waals surface area contributed by atoms with Crippen molar-refractivity contribution in [2.75, 3.05) is 14.2 Å². The van der Waals surface area contributed by atoms with Crippen molar-refractivity contribution in [2.45, 2.75) is 12.6 Å². The Morgan fingerprint density at radius 1 is 1.07 bits per heavy atom. The van der Waals surface area contributed by atoms with Crippen LogP contribution in [0.4, 0.5) is 13.2 Å². The Bertz CT molecular complexity index is 967. The second kappa shape index (κ2) is 10.2. The van der Waals surface area contributed by atoms with Gasteiger partial charge in [-0.2, -0.15) is 13.2 Å². The Kier molecular flexibility index (Phi) is 7.74. The molecular weight excluding hydrogens is 403 g/mol. The normalized spacial score (nSPS) is 12.0. The van der Waals surface area contributed by atoms with Crippen LogP contribution in [-0.4, -0.2) is 32.4 Å². The minimum Gasteiger partial charge on any atom is -0.503 e. The lowest BCUT2D eigenvalue weighted by Crippen LogP contribution is -2.09. The van der Waals surface area contributed by atoms with Crippen LogP contribution in [-0.2, 0) is 36.5 Å². The van der Waals surface area contributed by atoms with Crippen molar-refractivity contribution in [1.82, 2.24) is 0 Å². The van der Waals surface area contributed by atoms with Gasteiger partial charge in [-0.25, -0.2) is 9.59 Å².